The quantitative estimate of drug-likeness (QED) is 0.490. The fraction of sp³-hybridized carbons (Fsp3) is 0.333. The summed E-state index contributed by atoms with van der Waals surface area (Å²) >= 11 is 0. The summed E-state index contributed by atoms with van der Waals surface area (Å²) in [5.41, 5.74) is 0. The second-order valence-electron chi connectivity index (χ2n) is 2.15. The summed E-state index contributed by atoms with van der Waals surface area (Å²) in [7, 11) is 0. The molecule has 0 atom stereocenters. The zero-order chi connectivity index (χ0) is 10.3. The molecule has 0 saturated heterocycles. The molecule has 0 aromatic heterocycles. The first-order valence-corrected chi connectivity index (χ1v) is 3.69. The summed E-state index contributed by atoms with van der Waals surface area (Å²) in [5.74, 6) is 0.378. The number of ether oxygens (including phenoxy) is 1. The summed E-state index contributed by atoms with van der Waals surface area (Å²) < 4.78 is 39.5. The van der Waals surface area contributed by atoms with Crippen LogP contribution in [0.15, 0.2) is 36.3 Å². The maximum Gasteiger partial charge on any atom is 0.412 e. The van der Waals surface area contributed by atoms with E-state index in [2.05, 4.69) is 4.74 Å². The van der Waals surface area contributed by atoms with Crippen molar-refractivity contribution in [3.05, 3.63) is 36.3 Å². The molecule has 1 nitrogen and oxygen atoms in total. The van der Waals surface area contributed by atoms with Gasteiger partial charge in [0, 0.05) is 0 Å². The van der Waals surface area contributed by atoms with E-state index in [0.717, 1.165) is 0 Å². The lowest BCUT2D eigenvalue weighted by molar-refractivity contribution is -0.0812. The number of alkyl halides is 3. The number of hydrogen-bond acceptors (Lipinski definition) is 1. The summed E-state index contributed by atoms with van der Waals surface area (Å²) in [5, 5.41) is 0. The molecule has 0 aliphatic heterocycles. The van der Waals surface area contributed by atoms with Crippen molar-refractivity contribution in [1.29, 1.82) is 0 Å². The van der Waals surface area contributed by atoms with E-state index in [1.807, 2.05) is 0 Å². The zero-order valence-electron chi connectivity index (χ0n) is 7.43. The largest absolute Gasteiger partial charge is 0.465 e. The Morgan fingerprint density at radius 1 is 1.23 bits per heavy atom. The lowest BCUT2D eigenvalue weighted by Gasteiger charge is -2.00. The highest BCUT2D eigenvalue weighted by Crippen LogP contribution is 2.16. The molecule has 0 aromatic rings. The minimum Gasteiger partial charge on any atom is -0.465 e. The first-order valence-electron chi connectivity index (χ1n) is 3.69. The van der Waals surface area contributed by atoms with Crippen LogP contribution >= 0.6 is 0 Å². The summed E-state index contributed by atoms with van der Waals surface area (Å²) in [6.07, 6.45) is 1.16. The van der Waals surface area contributed by atoms with Gasteiger partial charge in [-0.1, -0.05) is 6.08 Å². The van der Waals surface area contributed by atoms with Gasteiger partial charge in [-0.2, -0.15) is 13.2 Å². The third kappa shape index (κ3) is 7.18. The molecule has 0 amide bonds. The maximum atomic E-state index is 11.6. The van der Waals surface area contributed by atoms with Crippen LogP contribution in [-0.4, -0.2) is 6.18 Å². The van der Waals surface area contributed by atoms with E-state index in [0.29, 0.717) is 12.0 Å². The van der Waals surface area contributed by atoms with Crippen molar-refractivity contribution in [2.45, 2.75) is 20.0 Å². The molecule has 0 radical (unpaired) electrons. The fourth-order valence-corrected chi connectivity index (χ4v) is 0.558. The molecule has 0 N–H and O–H groups in total. The number of halogens is 3. The molecule has 0 aromatic carbocycles. The Labute approximate surface area is 75.2 Å². The van der Waals surface area contributed by atoms with E-state index in [-0.39, 0.29) is 6.08 Å². The van der Waals surface area contributed by atoms with E-state index in [9.17, 15) is 13.2 Å². The van der Waals surface area contributed by atoms with Crippen LogP contribution in [0.2, 0.25) is 0 Å². The van der Waals surface area contributed by atoms with Gasteiger partial charge in [0.15, 0.2) is 0 Å². The molecule has 0 rings (SSSR count). The van der Waals surface area contributed by atoms with E-state index < -0.39 is 6.18 Å². The van der Waals surface area contributed by atoms with Gasteiger partial charge in [0.05, 0.1) is 12.3 Å². The second kappa shape index (κ2) is 5.45. The van der Waals surface area contributed by atoms with Gasteiger partial charge in [0.25, 0.3) is 0 Å². The van der Waals surface area contributed by atoms with E-state index >= 15 is 0 Å². The summed E-state index contributed by atoms with van der Waals surface area (Å²) in [6.45, 7) is 3.43. The third-order valence-corrected chi connectivity index (χ3v) is 1.08. The first-order chi connectivity index (χ1) is 5.99. The predicted octanol–water partition coefficient (Wildman–Crippen LogP) is 3.56. The van der Waals surface area contributed by atoms with Crippen LogP contribution in [-0.2, 0) is 4.74 Å². The summed E-state index contributed by atoms with van der Waals surface area (Å²) in [4.78, 5) is 0. The standard InChI is InChI=1S/C9H11F3O/c1-3-5-8(4-2)13-7-6-9(10,11)12/h3-7H,1-2H3/b5-3-,7-6+,8-4+. The van der Waals surface area contributed by atoms with Gasteiger partial charge in [-0.05, 0) is 26.0 Å². The number of allylic oxidation sites excluding steroid dienone is 4. The lowest BCUT2D eigenvalue weighted by Crippen LogP contribution is -2.00. The average Bonchev–Trinajstić information content (AvgIpc) is 2.01. The van der Waals surface area contributed by atoms with Crippen molar-refractivity contribution < 1.29 is 17.9 Å². The molecule has 74 valence electrons. The molecule has 4 heteroatoms. The number of rotatable bonds is 3. The Kier molecular flexibility index (Phi) is 4.96. The highest BCUT2D eigenvalue weighted by molar-refractivity contribution is 5.11. The third-order valence-electron chi connectivity index (χ3n) is 1.08. The lowest BCUT2D eigenvalue weighted by atomic mass is 10.4. The van der Waals surface area contributed by atoms with Crippen LogP contribution in [0.3, 0.4) is 0 Å². The van der Waals surface area contributed by atoms with Gasteiger partial charge in [-0.25, -0.2) is 0 Å². The smallest absolute Gasteiger partial charge is 0.412 e. The van der Waals surface area contributed by atoms with Crippen LogP contribution in [0, 0.1) is 0 Å². The van der Waals surface area contributed by atoms with Crippen molar-refractivity contribution in [1.82, 2.24) is 0 Å². The molecule has 0 saturated carbocycles. The Morgan fingerprint density at radius 3 is 2.23 bits per heavy atom. The Morgan fingerprint density at radius 2 is 1.85 bits per heavy atom. The van der Waals surface area contributed by atoms with Gasteiger partial charge in [-0.15, -0.1) is 0 Å². The Balaban J connectivity index is 4.08. The molecule has 0 unspecified atom stereocenters. The summed E-state index contributed by atoms with van der Waals surface area (Å²) in [6, 6.07) is 0. The van der Waals surface area contributed by atoms with Crippen molar-refractivity contribution in [2.75, 3.05) is 0 Å². The van der Waals surface area contributed by atoms with Crippen LogP contribution in [0.25, 0.3) is 0 Å². The monoisotopic (exact) mass is 192 g/mol. The van der Waals surface area contributed by atoms with Crippen LogP contribution in [0.5, 0.6) is 0 Å². The minimum atomic E-state index is -4.32. The normalized spacial score (nSPS) is 14.4. The van der Waals surface area contributed by atoms with E-state index in [1.165, 1.54) is 0 Å². The molecular formula is C9H11F3O. The average molecular weight is 192 g/mol. The van der Waals surface area contributed by atoms with Gasteiger partial charge in [0.1, 0.15) is 5.76 Å². The van der Waals surface area contributed by atoms with Gasteiger partial charge in [-0.3, -0.25) is 0 Å². The molecule has 13 heavy (non-hydrogen) atoms. The Bertz CT molecular complexity index is 224. The molecule has 0 aliphatic carbocycles. The first kappa shape index (κ1) is 11.8. The molecular weight excluding hydrogens is 181 g/mol. The van der Waals surface area contributed by atoms with Crippen molar-refractivity contribution in [2.24, 2.45) is 0 Å². The highest BCUT2D eigenvalue weighted by Gasteiger charge is 2.22. The van der Waals surface area contributed by atoms with E-state index in [1.54, 1.807) is 32.1 Å². The second-order valence-corrected chi connectivity index (χ2v) is 2.15. The predicted molar refractivity (Wildman–Crippen MR) is 44.9 cm³/mol. The molecule has 0 fully saturated rings. The topological polar surface area (TPSA) is 9.23 Å². The van der Waals surface area contributed by atoms with Crippen LogP contribution < -0.4 is 0 Å². The van der Waals surface area contributed by atoms with Gasteiger partial charge < -0.3 is 4.74 Å². The fourth-order valence-electron chi connectivity index (χ4n) is 0.558. The van der Waals surface area contributed by atoms with Crippen LogP contribution in [0.4, 0.5) is 13.2 Å². The Hall–Kier alpha value is -1.19. The molecule has 0 aliphatic rings. The number of hydrogen-bond donors (Lipinski definition) is 0. The highest BCUT2D eigenvalue weighted by atomic mass is 19.4. The van der Waals surface area contributed by atoms with Crippen molar-refractivity contribution in [3.8, 4) is 0 Å². The van der Waals surface area contributed by atoms with Gasteiger partial charge >= 0.3 is 6.18 Å². The molecule has 0 heterocycles. The van der Waals surface area contributed by atoms with Crippen molar-refractivity contribution >= 4 is 0 Å². The van der Waals surface area contributed by atoms with Crippen LogP contribution in [0.1, 0.15) is 13.8 Å². The molecule has 0 bridgehead atoms. The SMILES string of the molecule is C/C=C\C(=C/C)O/C=C/C(F)(F)F. The zero-order valence-corrected chi connectivity index (χ0v) is 7.43. The maximum absolute atomic E-state index is 11.6. The van der Waals surface area contributed by atoms with Gasteiger partial charge in [0.2, 0.25) is 0 Å². The minimum absolute atomic E-state index is 0.0417. The van der Waals surface area contributed by atoms with E-state index in [4.69, 9.17) is 0 Å². The van der Waals surface area contributed by atoms with Crippen molar-refractivity contribution in [3.63, 3.8) is 0 Å². The molecule has 0 spiro atoms.